The summed E-state index contributed by atoms with van der Waals surface area (Å²) in [6.07, 6.45) is 0.750. The van der Waals surface area contributed by atoms with Crippen molar-refractivity contribution in [1.82, 2.24) is 4.90 Å². The van der Waals surface area contributed by atoms with Crippen LogP contribution in [0.1, 0.15) is 13.8 Å². The van der Waals surface area contributed by atoms with Crippen LogP contribution in [-0.2, 0) is 9.53 Å². The van der Waals surface area contributed by atoms with Gasteiger partial charge in [0.25, 0.3) is 0 Å². The molecular weight excluding hydrogens is 130 g/mol. The number of hydrogen-bond acceptors (Lipinski definition) is 2. The Morgan fingerprint density at radius 1 is 1.20 bits per heavy atom. The Morgan fingerprint density at radius 2 is 1.30 bits per heavy atom. The number of carbonyl (C=O) groups excluding carboxylic acids is 1. The van der Waals surface area contributed by atoms with Crippen molar-refractivity contribution in [3.8, 4) is 0 Å². The SMILES string of the molecule is CC.CN(C)C=O.COC. The van der Waals surface area contributed by atoms with Crippen LogP contribution >= 0.6 is 0 Å². The number of rotatable bonds is 1. The highest BCUT2D eigenvalue weighted by atomic mass is 16.4. The standard InChI is InChI=1S/C3H7NO.C2H6O.C2H6/c1-4(2)3-5;1-3-2;1-2/h3H,1-2H3;1-2H3;1-2H3. The zero-order valence-corrected chi connectivity index (χ0v) is 7.84. The highest BCUT2D eigenvalue weighted by Gasteiger charge is 1.68. The zero-order valence-electron chi connectivity index (χ0n) is 7.84. The molecule has 0 unspecified atom stereocenters. The number of nitrogens with zero attached hydrogens (tertiary/aromatic N) is 1. The average molecular weight is 149 g/mol. The van der Waals surface area contributed by atoms with Gasteiger partial charge in [-0.1, -0.05) is 13.8 Å². The zero-order chi connectivity index (χ0) is 8.99. The van der Waals surface area contributed by atoms with Crippen molar-refractivity contribution in [3.05, 3.63) is 0 Å². The van der Waals surface area contributed by atoms with Gasteiger partial charge in [0.05, 0.1) is 0 Å². The molecule has 0 aromatic rings. The van der Waals surface area contributed by atoms with Crippen molar-refractivity contribution in [2.24, 2.45) is 0 Å². The molecule has 0 aliphatic heterocycles. The van der Waals surface area contributed by atoms with E-state index in [-0.39, 0.29) is 0 Å². The van der Waals surface area contributed by atoms with E-state index in [4.69, 9.17) is 0 Å². The summed E-state index contributed by atoms with van der Waals surface area (Å²) in [5, 5.41) is 0. The van der Waals surface area contributed by atoms with Crippen LogP contribution in [0.25, 0.3) is 0 Å². The molecule has 0 aliphatic rings. The summed E-state index contributed by atoms with van der Waals surface area (Å²) in [6, 6.07) is 0. The molecule has 3 nitrogen and oxygen atoms in total. The Morgan fingerprint density at radius 3 is 1.30 bits per heavy atom. The molecule has 0 rings (SSSR count). The van der Waals surface area contributed by atoms with Gasteiger partial charge in [0, 0.05) is 28.3 Å². The Labute approximate surface area is 64.0 Å². The molecule has 0 aromatic heterocycles. The lowest BCUT2D eigenvalue weighted by molar-refractivity contribution is -0.115. The van der Waals surface area contributed by atoms with Gasteiger partial charge >= 0.3 is 0 Å². The molecule has 0 radical (unpaired) electrons. The summed E-state index contributed by atoms with van der Waals surface area (Å²) in [4.78, 5) is 10.9. The molecule has 0 aromatic carbocycles. The predicted molar refractivity (Wildman–Crippen MR) is 44.0 cm³/mol. The monoisotopic (exact) mass is 149 g/mol. The van der Waals surface area contributed by atoms with Crippen molar-refractivity contribution in [2.45, 2.75) is 13.8 Å². The molecule has 1 amide bonds. The lowest BCUT2D eigenvalue weighted by Crippen LogP contribution is -2.06. The maximum atomic E-state index is 9.43. The third kappa shape index (κ3) is 150. The lowest BCUT2D eigenvalue weighted by Gasteiger charge is -1.93. The van der Waals surface area contributed by atoms with E-state index < -0.39 is 0 Å². The normalized spacial score (nSPS) is 5.80. The van der Waals surface area contributed by atoms with Crippen LogP contribution in [-0.4, -0.2) is 39.6 Å². The molecule has 0 spiro atoms. The summed E-state index contributed by atoms with van der Waals surface area (Å²) >= 11 is 0. The van der Waals surface area contributed by atoms with Gasteiger partial charge in [-0.3, -0.25) is 4.79 Å². The van der Waals surface area contributed by atoms with Crippen LogP contribution in [0.5, 0.6) is 0 Å². The Kier molecular flexibility index (Phi) is 38.4. The minimum Gasteiger partial charge on any atom is -0.388 e. The summed E-state index contributed by atoms with van der Waals surface area (Å²) in [7, 11) is 6.62. The molecule has 0 N–H and O–H groups in total. The summed E-state index contributed by atoms with van der Waals surface area (Å²) in [5.41, 5.74) is 0. The van der Waals surface area contributed by atoms with E-state index in [1.807, 2.05) is 13.8 Å². The second-order valence-electron chi connectivity index (χ2n) is 1.48. The number of hydrogen-bond donors (Lipinski definition) is 0. The van der Waals surface area contributed by atoms with Crippen molar-refractivity contribution >= 4 is 6.41 Å². The van der Waals surface area contributed by atoms with E-state index in [9.17, 15) is 4.79 Å². The average Bonchev–Trinajstić information content (AvgIpc) is 1.94. The molecule has 64 valence electrons. The van der Waals surface area contributed by atoms with E-state index in [0.717, 1.165) is 6.41 Å². The Balaban J connectivity index is -0.0000000847. The van der Waals surface area contributed by atoms with E-state index in [1.165, 1.54) is 4.90 Å². The summed E-state index contributed by atoms with van der Waals surface area (Å²) in [6.45, 7) is 4.00. The van der Waals surface area contributed by atoms with Gasteiger partial charge in [-0.25, -0.2) is 0 Å². The number of methoxy groups -OCH3 is 1. The fourth-order valence-electron chi connectivity index (χ4n) is 0. The number of amides is 1. The first kappa shape index (κ1) is 16.2. The minimum atomic E-state index is 0.750. The van der Waals surface area contributed by atoms with Crippen LogP contribution in [0, 0.1) is 0 Å². The molecule has 0 saturated carbocycles. The fourth-order valence-corrected chi connectivity index (χ4v) is 0. The van der Waals surface area contributed by atoms with E-state index >= 15 is 0 Å². The summed E-state index contributed by atoms with van der Waals surface area (Å²) < 4.78 is 4.25. The van der Waals surface area contributed by atoms with Gasteiger partial charge in [-0.2, -0.15) is 0 Å². The highest BCUT2D eigenvalue weighted by molar-refractivity contribution is 5.45. The maximum Gasteiger partial charge on any atom is 0.209 e. The Bertz CT molecular complexity index is 46.9. The van der Waals surface area contributed by atoms with Crippen LogP contribution in [0.15, 0.2) is 0 Å². The lowest BCUT2D eigenvalue weighted by atomic mass is 11.0. The third-order valence-corrected chi connectivity index (χ3v) is 0.211. The molecule has 10 heavy (non-hydrogen) atoms. The van der Waals surface area contributed by atoms with Gasteiger partial charge in [0.2, 0.25) is 6.41 Å². The Hall–Kier alpha value is -0.570. The van der Waals surface area contributed by atoms with Gasteiger partial charge in [-0.15, -0.1) is 0 Å². The maximum absolute atomic E-state index is 9.43. The quantitative estimate of drug-likeness (QED) is 0.520. The van der Waals surface area contributed by atoms with Crippen molar-refractivity contribution in [2.75, 3.05) is 28.3 Å². The largest absolute Gasteiger partial charge is 0.388 e. The second-order valence-corrected chi connectivity index (χ2v) is 1.48. The molecule has 0 aliphatic carbocycles. The van der Waals surface area contributed by atoms with Crippen LogP contribution < -0.4 is 0 Å². The minimum absolute atomic E-state index is 0.750. The second kappa shape index (κ2) is 23.7. The van der Waals surface area contributed by atoms with E-state index in [2.05, 4.69) is 4.74 Å². The first-order valence-electron chi connectivity index (χ1n) is 3.20. The molecular formula is C7H19NO2. The number of ether oxygens (including phenoxy) is 1. The van der Waals surface area contributed by atoms with Gasteiger partial charge in [0.15, 0.2) is 0 Å². The first-order valence-corrected chi connectivity index (χ1v) is 3.20. The van der Waals surface area contributed by atoms with E-state index in [0.29, 0.717) is 0 Å². The molecule has 0 bridgehead atoms. The first-order chi connectivity index (χ1) is 4.68. The molecule has 0 heterocycles. The highest BCUT2D eigenvalue weighted by Crippen LogP contribution is 1.52. The van der Waals surface area contributed by atoms with Crippen molar-refractivity contribution in [3.63, 3.8) is 0 Å². The third-order valence-electron chi connectivity index (χ3n) is 0.211. The predicted octanol–water partition coefficient (Wildman–Crippen LogP) is 0.993. The van der Waals surface area contributed by atoms with Crippen LogP contribution in [0.2, 0.25) is 0 Å². The van der Waals surface area contributed by atoms with Crippen LogP contribution in [0.4, 0.5) is 0 Å². The van der Waals surface area contributed by atoms with Crippen LogP contribution in [0.3, 0.4) is 0 Å². The molecule has 0 fully saturated rings. The number of carbonyl (C=O) groups is 1. The van der Waals surface area contributed by atoms with Gasteiger partial charge in [-0.05, 0) is 0 Å². The van der Waals surface area contributed by atoms with Crippen molar-refractivity contribution in [1.29, 1.82) is 0 Å². The topological polar surface area (TPSA) is 29.5 Å². The van der Waals surface area contributed by atoms with Crippen molar-refractivity contribution < 1.29 is 9.53 Å². The fraction of sp³-hybridized carbons (Fsp3) is 0.857. The molecule has 0 saturated heterocycles. The molecule has 3 heteroatoms. The van der Waals surface area contributed by atoms with Gasteiger partial charge in [0.1, 0.15) is 0 Å². The summed E-state index contributed by atoms with van der Waals surface area (Å²) in [5.74, 6) is 0. The molecule has 0 atom stereocenters. The van der Waals surface area contributed by atoms with E-state index in [1.54, 1.807) is 28.3 Å². The smallest absolute Gasteiger partial charge is 0.209 e. The van der Waals surface area contributed by atoms with Gasteiger partial charge < -0.3 is 9.64 Å².